The molecule has 0 aliphatic carbocycles. The molecule has 0 radical (unpaired) electrons. The maximum Gasteiger partial charge on any atom is 0.272 e. The number of nitrogens with one attached hydrogen (secondary N) is 3. The molecule has 2 aromatic carbocycles. The van der Waals surface area contributed by atoms with Gasteiger partial charge in [-0.15, -0.1) is 0 Å². The molecule has 0 saturated heterocycles. The molecule has 0 aliphatic rings. The zero-order valence-electron chi connectivity index (χ0n) is 16.8. The monoisotopic (exact) mass is 409 g/mol. The van der Waals surface area contributed by atoms with Crippen LogP contribution in [0.1, 0.15) is 18.2 Å². The van der Waals surface area contributed by atoms with Crippen LogP contribution in [0.5, 0.6) is 0 Å². The fraction of sp³-hybridized carbons (Fsp3) is 0.0833. The summed E-state index contributed by atoms with van der Waals surface area (Å²) in [6, 6.07) is 17.3. The van der Waals surface area contributed by atoms with Gasteiger partial charge in [0.25, 0.3) is 5.56 Å². The van der Waals surface area contributed by atoms with Crippen molar-refractivity contribution in [1.29, 1.82) is 0 Å². The Morgan fingerprint density at radius 1 is 1.03 bits per heavy atom. The van der Waals surface area contributed by atoms with E-state index in [1.54, 1.807) is 6.20 Å². The van der Waals surface area contributed by atoms with E-state index in [1.807, 2.05) is 60.8 Å². The molecule has 3 heterocycles. The van der Waals surface area contributed by atoms with Crippen molar-refractivity contribution in [2.75, 3.05) is 5.32 Å². The van der Waals surface area contributed by atoms with Crippen molar-refractivity contribution in [3.8, 4) is 11.1 Å². The zero-order valence-corrected chi connectivity index (χ0v) is 16.8. The van der Waals surface area contributed by atoms with E-state index in [4.69, 9.17) is 0 Å². The molecule has 3 aromatic heterocycles. The van der Waals surface area contributed by atoms with Gasteiger partial charge in [-0.25, -0.2) is 10.1 Å². The molecular formula is C24H19N5O2. The second-order valence-electron chi connectivity index (χ2n) is 7.42. The molecule has 0 saturated carbocycles. The molecule has 7 nitrogen and oxygen atoms in total. The van der Waals surface area contributed by atoms with E-state index in [0.29, 0.717) is 11.8 Å². The maximum atomic E-state index is 12.4. The van der Waals surface area contributed by atoms with Crippen LogP contribution in [0.3, 0.4) is 0 Å². The van der Waals surface area contributed by atoms with Crippen molar-refractivity contribution in [2.45, 2.75) is 13.3 Å². The first kappa shape index (κ1) is 18.7. The Bertz CT molecular complexity index is 1480. The van der Waals surface area contributed by atoms with E-state index in [-0.39, 0.29) is 11.5 Å². The number of fused-ring (bicyclic) bond motifs is 2. The topological polar surface area (TPSA) is 104 Å². The number of pyridine rings is 1. The molecule has 7 heteroatoms. The minimum Gasteiger partial charge on any atom is -0.346 e. The lowest BCUT2D eigenvalue weighted by Gasteiger charge is -2.08. The van der Waals surface area contributed by atoms with Crippen molar-refractivity contribution in [3.05, 3.63) is 88.6 Å². The van der Waals surface area contributed by atoms with Gasteiger partial charge in [-0.05, 0) is 47.5 Å². The Morgan fingerprint density at radius 3 is 2.68 bits per heavy atom. The van der Waals surface area contributed by atoms with Crippen molar-refractivity contribution in [3.63, 3.8) is 0 Å². The number of benzene rings is 2. The van der Waals surface area contributed by atoms with Crippen LogP contribution in [0, 0.1) is 0 Å². The highest BCUT2D eigenvalue weighted by molar-refractivity contribution is 5.97. The Hall–Kier alpha value is -4.26. The van der Waals surface area contributed by atoms with Crippen LogP contribution >= 0.6 is 0 Å². The normalized spacial score (nSPS) is 11.1. The zero-order chi connectivity index (χ0) is 21.4. The van der Waals surface area contributed by atoms with E-state index in [0.717, 1.165) is 44.5 Å². The number of anilines is 1. The summed E-state index contributed by atoms with van der Waals surface area (Å²) in [6.07, 6.45) is 4.23. The smallest absolute Gasteiger partial charge is 0.272 e. The first-order chi connectivity index (χ1) is 15.1. The third-order valence-electron chi connectivity index (χ3n) is 5.28. The van der Waals surface area contributed by atoms with E-state index >= 15 is 0 Å². The summed E-state index contributed by atoms with van der Waals surface area (Å²) in [6.45, 7) is 1.48. The summed E-state index contributed by atoms with van der Waals surface area (Å²) >= 11 is 0. The molecule has 0 bridgehead atoms. The van der Waals surface area contributed by atoms with Crippen molar-refractivity contribution >= 4 is 33.4 Å². The number of aromatic amines is 2. The summed E-state index contributed by atoms with van der Waals surface area (Å²) in [4.78, 5) is 31.1. The van der Waals surface area contributed by atoms with E-state index in [2.05, 4.69) is 25.5 Å². The number of rotatable bonds is 4. The molecule has 3 N–H and O–H groups in total. The Balaban J connectivity index is 1.57. The fourth-order valence-corrected chi connectivity index (χ4v) is 3.82. The Morgan fingerprint density at radius 2 is 1.87 bits per heavy atom. The number of hydrogen-bond acceptors (Lipinski definition) is 4. The number of nitrogens with zero attached hydrogens (tertiary/aromatic N) is 2. The maximum absolute atomic E-state index is 12.4. The van der Waals surface area contributed by atoms with E-state index in [9.17, 15) is 9.59 Å². The standard InChI is InChI=1S/C24H19N5O2/c1-14(30)27-17-7-4-15(5-8-17)11-22-20-12-16(6-9-19(20)24(31)29-28-22)21-13-26-23-18(21)3-2-10-25-23/h2-10,12-13H,11H2,1H3,(H,25,26)(H,27,30)(H,29,31). The highest BCUT2D eigenvalue weighted by Crippen LogP contribution is 2.30. The van der Waals surface area contributed by atoms with Crippen LogP contribution in [0.15, 0.2) is 71.8 Å². The van der Waals surface area contributed by atoms with Gasteiger partial charge >= 0.3 is 0 Å². The highest BCUT2D eigenvalue weighted by Gasteiger charge is 2.12. The second kappa shape index (κ2) is 7.53. The predicted octanol–water partition coefficient (Wildman–Crippen LogP) is 4.02. The number of carbonyl (C=O) groups excluding carboxylic acids is 1. The van der Waals surface area contributed by atoms with Crippen LogP contribution in [-0.4, -0.2) is 26.1 Å². The third-order valence-corrected chi connectivity index (χ3v) is 5.28. The predicted molar refractivity (Wildman–Crippen MR) is 121 cm³/mol. The van der Waals surface area contributed by atoms with Crippen LogP contribution < -0.4 is 10.9 Å². The largest absolute Gasteiger partial charge is 0.346 e. The summed E-state index contributed by atoms with van der Waals surface area (Å²) in [7, 11) is 0. The van der Waals surface area contributed by atoms with Gasteiger partial charge in [0.2, 0.25) is 5.91 Å². The van der Waals surface area contributed by atoms with Crippen molar-refractivity contribution in [1.82, 2.24) is 20.2 Å². The van der Waals surface area contributed by atoms with Gasteiger partial charge < -0.3 is 10.3 Å². The molecule has 0 fully saturated rings. The molecule has 0 spiro atoms. The van der Waals surface area contributed by atoms with Crippen LogP contribution in [0.4, 0.5) is 5.69 Å². The minimum atomic E-state index is -0.216. The Labute approximate surface area is 177 Å². The van der Waals surface area contributed by atoms with Gasteiger partial charge in [-0.1, -0.05) is 18.2 Å². The molecular weight excluding hydrogens is 390 g/mol. The number of aromatic nitrogens is 4. The lowest BCUT2D eigenvalue weighted by molar-refractivity contribution is -0.114. The van der Waals surface area contributed by atoms with Crippen molar-refractivity contribution < 1.29 is 4.79 Å². The van der Waals surface area contributed by atoms with Crippen LogP contribution in [-0.2, 0) is 11.2 Å². The first-order valence-corrected chi connectivity index (χ1v) is 9.89. The molecule has 5 aromatic rings. The number of hydrogen-bond donors (Lipinski definition) is 3. The van der Waals surface area contributed by atoms with Gasteiger partial charge in [-0.3, -0.25) is 9.59 Å². The van der Waals surface area contributed by atoms with Gasteiger partial charge in [0.1, 0.15) is 5.65 Å². The lowest BCUT2D eigenvalue weighted by Crippen LogP contribution is -2.11. The summed E-state index contributed by atoms with van der Waals surface area (Å²) in [5, 5.41) is 12.1. The van der Waals surface area contributed by atoms with Gasteiger partial charge in [0.05, 0.1) is 11.1 Å². The van der Waals surface area contributed by atoms with Crippen LogP contribution in [0.25, 0.3) is 32.9 Å². The summed E-state index contributed by atoms with van der Waals surface area (Å²) in [5.41, 5.74) is 5.16. The Kier molecular flexibility index (Phi) is 4.55. The van der Waals surface area contributed by atoms with E-state index in [1.165, 1.54) is 6.92 Å². The molecule has 0 unspecified atom stereocenters. The number of H-pyrrole nitrogens is 2. The molecule has 5 rings (SSSR count). The minimum absolute atomic E-state index is 0.110. The molecule has 31 heavy (non-hydrogen) atoms. The number of carbonyl (C=O) groups is 1. The first-order valence-electron chi connectivity index (χ1n) is 9.89. The van der Waals surface area contributed by atoms with Gasteiger partial charge in [0, 0.05) is 47.8 Å². The number of amides is 1. The molecule has 1 amide bonds. The molecule has 152 valence electrons. The lowest BCUT2D eigenvalue weighted by atomic mass is 9.99. The van der Waals surface area contributed by atoms with Crippen LogP contribution in [0.2, 0.25) is 0 Å². The molecule has 0 atom stereocenters. The average Bonchev–Trinajstić information content (AvgIpc) is 3.21. The second-order valence-corrected chi connectivity index (χ2v) is 7.42. The van der Waals surface area contributed by atoms with Gasteiger partial charge in [0.15, 0.2) is 0 Å². The molecule has 0 aliphatic heterocycles. The third kappa shape index (κ3) is 3.57. The SMILES string of the molecule is CC(=O)Nc1ccc(Cc2n[nH]c(=O)c3ccc(-c4c[nH]c5ncccc45)cc23)cc1. The summed E-state index contributed by atoms with van der Waals surface area (Å²) < 4.78 is 0. The average molecular weight is 409 g/mol. The van der Waals surface area contributed by atoms with Crippen molar-refractivity contribution in [2.24, 2.45) is 0 Å². The fourth-order valence-electron chi connectivity index (χ4n) is 3.82. The van der Waals surface area contributed by atoms with Gasteiger partial charge in [-0.2, -0.15) is 5.10 Å². The quantitative estimate of drug-likeness (QED) is 0.417. The highest BCUT2D eigenvalue weighted by atomic mass is 16.1. The van der Waals surface area contributed by atoms with E-state index < -0.39 is 0 Å². The summed E-state index contributed by atoms with van der Waals surface area (Å²) in [5.74, 6) is -0.110.